The second kappa shape index (κ2) is 7.04. The van der Waals surface area contributed by atoms with Crippen LogP contribution in [0.15, 0.2) is 29.0 Å². The zero-order valence-corrected chi connectivity index (χ0v) is 11.1. The lowest BCUT2D eigenvalue weighted by molar-refractivity contribution is 0.615. The van der Waals surface area contributed by atoms with Crippen molar-refractivity contribution in [2.75, 3.05) is 11.9 Å². The van der Waals surface area contributed by atoms with Crippen LogP contribution in [0.25, 0.3) is 11.0 Å². The van der Waals surface area contributed by atoms with Crippen LogP contribution in [-0.4, -0.2) is 11.5 Å². The highest BCUT2D eigenvalue weighted by Gasteiger charge is 2.03. The quantitative estimate of drug-likeness (QED) is 0.692. The molecule has 98 valence electrons. The van der Waals surface area contributed by atoms with Gasteiger partial charge in [-0.2, -0.15) is 0 Å². The van der Waals surface area contributed by atoms with Gasteiger partial charge < -0.3 is 9.73 Å². The summed E-state index contributed by atoms with van der Waals surface area (Å²) in [7, 11) is 0. The van der Waals surface area contributed by atoms with Gasteiger partial charge in [0.15, 0.2) is 0 Å². The largest absolute Gasteiger partial charge is 0.464 e. The highest BCUT2D eigenvalue weighted by molar-refractivity contribution is 5.87. The number of rotatable bonds is 8. The molecule has 0 amide bonds. The van der Waals surface area contributed by atoms with Gasteiger partial charge in [0.1, 0.15) is 11.4 Å². The van der Waals surface area contributed by atoms with Gasteiger partial charge in [-0.3, -0.25) is 0 Å². The van der Waals surface area contributed by atoms with E-state index < -0.39 is 0 Å². The fourth-order valence-corrected chi connectivity index (χ4v) is 2.15. The minimum Gasteiger partial charge on any atom is -0.464 e. The molecule has 2 aromatic rings. The first-order valence-electron chi connectivity index (χ1n) is 6.98. The van der Waals surface area contributed by atoms with Crippen molar-refractivity contribution >= 4 is 16.8 Å². The van der Waals surface area contributed by atoms with E-state index in [-0.39, 0.29) is 0 Å². The average Bonchev–Trinajstić information content (AvgIpc) is 2.86. The second-order valence-corrected chi connectivity index (χ2v) is 4.69. The van der Waals surface area contributed by atoms with Gasteiger partial charge in [0, 0.05) is 12.7 Å². The predicted molar refractivity (Wildman–Crippen MR) is 75.9 cm³/mol. The molecule has 0 aromatic carbocycles. The van der Waals surface area contributed by atoms with Crippen LogP contribution in [0.1, 0.15) is 45.4 Å². The maximum atomic E-state index is 5.35. The summed E-state index contributed by atoms with van der Waals surface area (Å²) in [4.78, 5) is 4.36. The minimum absolute atomic E-state index is 0.899. The Balaban J connectivity index is 1.72. The zero-order valence-electron chi connectivity index (χ0n) is 11.1. The van der Waals surface area contributed by atoms with E-state index in [1.165, 1.54) is 38.5 Å². The molecule has 3 nitrogen and oxygen atoms in total. The van der Waals surface area contributed by atoms with Crippen molar-refractivity contribution in [1.82, 2.24) is 4.98 Å². The lowest BCUT2D eigenvalue weighted by Gasteiger charge is -2.06. The van der Waals surface area contributed by atoms with Gasteiger partial charge in [-0.1, -0.05) is 39.0 Å². The lowest BCUT2D eigenvalue weighted by atomic mass is 10.1. The first kappa shape index (κ1) is 12.9. The molecule has 0 spiro atoms. The normalized spacial score (nSPS) is 10.9. The van der Waals surface area contributed by atoms with Crippen LogP contribution in [0.4, 0.5) is 5.82 Å². The Bertz CT molecular complexity index is 464. The van der Waals surface area contributed by atoms with E-state index in [0.29, 0.717) is 0 Å². The maximum Gasteiger partial charge on any atom is 0.139 e. The van der Waals surface area contributed by atoms with Gasteiger partial charge in [-0.15, -0.1) is 0 Å². The van der Waals surface area contributed by atoms with E-state index >= 15 is 0 Å². The van der Waals surface area contributed by atoms with Crippen molar-refractivity contribution in [2.45, 2.75) is 45.4 Å². The Labute approximate surface area is 109 Å². The predicted octanol–water partition coefficient (Wildman–Crippen LogP) is 4.60. The molecule has 0 saturated heterocycles. The average molecular weight is 246 g/mol. The molecule has 2 rings (SSSR count). The monoisotopic (exact) mass is 246 g/mol. The number of fused-ring (bicyclic) bond motifs is 1. The maximum absolute atomic E-state index is 5.35. The Kier molecular flexibility index (Phi) is 5.06. The molecule has 18 heavy (non-hydrogen) atoms. The summed E-state index contributed by atoms with van der Waals surface area (Å²) >= 11 is 0. The van der Waals surface area contributed by atoms with Crippen LogP contribution in [0, 0.1) is 0 Å². The number of anilines is 1. The molecule has 0 aliphatic rings. The molecule has 0 atom stereocenters. The first-order valence-corrected chi connectivity index (χ1v) is 6.98. The van der Waals surface area contributed by atoms with E-state index in [1.807, 2.05) is 12.1 Å². The SMILES string of the molecule is CCCCCCCCNc1nccc2occc12. The molecule has 0 saturated carbocycles. The summed E-state index contributed by atoms with van der Waals surface area (Å²) in [6.45, 7) is 3.24. The van der Waals surface area contributed by atoms with Crippen LogP contribution in [0.5, 0.6) is 0 Å². The van der Waals surface area contributed by atoms with Gasteiger partial charge in [0.2, 0.25) is 0 Å². The fourth-order valence-electron chi connectivity index (χ4n) is 2.15. The number of hydrogen-bond acceptors (Lipinski definition) is 3. The topological polar surface area (TPSA) is 38.1 Å². The van der Waals surface area contributed by atoms with Crippen molar-refractivity contribution in [3.63, 3.8) is 0 Å². The van der Waals surface area contributed by atoms with Gasteiger partial charge in [-0.25, -0.2) is 4.98 Å². The number of aromatic nitrogens is 1. The Hall–Kier alpha value is -1.51. The molecule has 0 aliphatic carbocycles. The number of furan rings is 1. The van der Waals surface area contributed by atoms with Gasteiger partial charge in [0.05, 0.1) is 11.6 Å². The van der Waals surface area contributed by atoms with Crippen LogP contribution in [0.2, 0.25) is 0 Å². The zero-order chi connectivity index (χ0) is 12.6. The lowest BCUT2D eigenvalue weighted by Crippen LogP contribution is -2.03. The van der Waals surface area contributed by atoms with Crippen molar-refractivity contribution in [2.24, 2.45) is 0 Å². The Morgan fingerprint density at radius 2 is 1.94 bits per heavy atom. The molecule has 0 radical (unpaired) electrons. The summed E-state index contributed by atoms with van der Waals surface area (Å²) < 4.78 is 5.35. The van der Waals surface area contributed by atoms with E-state index in [1.54, 1.807) is 12.5 Å². The third-order valence-electron chi connectivity index (χ3n) is 3.20. The van der Waals surface area contributed by atoms with Crippen molar-refractivity contribution < 1.29 is 4.42 Å². The smallest absolute Gasteiger partial charge is 0.139 e. The molecule has 1 N–H and O–H groups in total. The van der Waals surface area contributed by atoms with Gasteiger partial charge in [0.25, 0.3) is 0 Å². The molecule has 3 heteroatoms. The van der Waals surface area contributed by atoms with Crippen molar-refractivity contribution in [3.05, 3.63) is 24.6 Å². The summed E-state index contributed by atoms with van der Waals surface area (Å²) in [5, 5.41) is 4.47. The minimum atomic E-state index is 0.899. The standard InChI is InChI=1S/C15H22N2O/c1-2-3-4-5-6-7-10-16-15-13-9-12-18-14(13)8-11-17-15/h8-9,11-12H,2-7,10H2,1H3,(H,16,17). The number of nitrogens with one attached hydrogen (secondary N) is 1. The molecular weight excluding hydrogens is 224 g/mol. The summed E-state index contributed by atoms with van der Waals surface area (Å²) in [6.07, 6.45) is 11.4. The third-order valence-corrected chi connectivity index (χ3v) is 3.20. The number of nitrogens with zero attached hydrogens (tertiary/aromatic N) is 1. The Morgan fingerprint density at radius 3 is 2.83 bits per heavy atom. The van der Waals surface area contributed by atoms with E-state index in [0.717, 1.165) is 23.3 Å². The highest BCUT2D eigenvalue weighted by Crippen LogP contribution is 2.21. The van der Waals surface area contributed by atoms with E-state index in [2.05, 4.69) is 17.2 Å². The second-order valence-electron chi connectivity index (χ2n) is 4.69. The summed E-state index contributed by atoms with van der Waals surface area (Å²) in [5.41, 5.74) is 0.899. The van der Waals surface area contributed by atoms with Gasteiger partial charge in [-0.05, 0) is 18.6 Å². The molecule has 0 fully saturated rings. The third kappa shape index (κ3) is 3.49. The number of unbranched alkanes of at least 4 members (excludes halogenated alkanes) is 5. The molecular formula is C15H22N2O. The van der Waals surface area contributed by atoms with Crippen LogP contribution < -0.4 is 5.32 Å². The molecule has 0 bridgehead atoms. The molecule has 0 unspecified atom stereocenters. The first-order chi connectivity index (χ1) is 8.92. The Morgan fingerprint density at radius 1 is 1.11 bits per heavy atom. The summed E-state index contributed by atoms with van der Waals surface area (Å²) in [5.74, 6) is 0.940. The number of pyridine rings is 1. The van der Waals surface area contributed by atoms with Crippen molar-refractivity contribution in [1.29, 1.82) is 0 Å². The van der Waals surface area contributed by atoms with E-state index in [9.17, 15) is 0 Å². The van der Waals surface area contributed by atoms with Crippen LogP contribution >= 0.6 is 0 Å². The van der Waals surface area contributed by atoms with Crippen LogP contribution in [-0.2, 0) is 0 Å². The van der Waals surface area contributed by atoms with Gasteiger partial charge >= 0.3 is 0 Å². The number of hydrogen-bond donors (Lipinski definition) is 1. The van der Waals surface area contributed by atoms with Crippen molar-refractivity contribution in [3.8, 4) is 0 Å². The molecule has 0 aliphatic heterocycles. The fraction of sp³-hybridized carbons (Fsp3) is 0.533. The van der Waals surface area contributed by atoms with E-state index in [4.69, 9.17) is 4.42 Å². The highest BCUT2D eigenvalue weighted by atomic mass is 16.3. The van der Waals surface area contributed by atoms with Crippen LogP contribution in [0.3, 0.4) is 0 Å². The molecule has 2 heterocycles. The summed E-state index contributed by atoms with van der Waals surface area (Å²) in [6, 6.07) is 3.86. The molecule has 2 aromatic heterocycles.